The van der Waals surface area contributed by atoms with Gasteiger partial charge in [0.2, 0.25) is 0 Å². The third-order valence-corrected chi connectivity index (χ3v) is 6.94. The molecular formula is C26H25N3OS. The lowest BCUT2D eigenvalue weighted by molar-refractivity contribution is 0.281. The van der Waals surface area contributed by atoms with Crippen LogP contribution in [-0.2, 0) is 6.61 Å². The lowest BCUT2D eigenvalue weighted by Gasteiger charge is -2.24. The summed E-state index contributed by atoms with van der Waals surface area (Å²) in [6, 6.07) is 14.5. The Kier molecular flexibility index (Phi) is 5.30. The molecule has 1 saturated carbocycles. The Bertz CT molecular complexity index is 1280. The van der Waals surface area contributed by atoms with Crippen molar-refractivity contribution < 1.29 is 5.11 Å². The third-order valence-electron chi connectivity index (χ3n) is 5.97. The summed E-state index contributed by atoms with van der Waals surface area (Å²) in [6.45, 7) is 4.20. The molecule has 1 aliphatic rings. The number of aryl methyl sites for hydroxylation is 2. The van der Waals surface area contributed by atoms with Crippen LogP contribution in [0.4, 0.5) is 5.69 Å². The highest BCUT2D eigenvalue weighted by Crippen LogP contribution is 2.37. The highest BCUT2D eigenvalue weighted by Gasteiger charge is 2.20. The molecule has 31 heavy (non-hydrogen) atoms. The first kappa shape index (κ1) is 19.9. The number of thiophene rings is 1. The van der Waals surface area contributed by atoms with Crippen LogP contribution < -0.4 is 5.32 Å². The molecule has 2 N–H and O–H groups in total. The number of benzene rings is 2. The van der Waals surface area contributed by atoms with E-state index in [2.05, 4.69) is 53.8 Å². The quantitative estimate of drug-likeness (QED) is 0.383. The average molecular weight is 428 g/mol. The summed E-state index contributed by atoms with van der Waals surface area (Å²) in [7, 11) is 0. The molecule has 0 atom stereocenters. The molecule has 0 radical (unpaired) electrons. The van der Waals surface area contributed by atoms with Gasteiger partial charge in [0.15, 0.2) is 5.82 Å². The zero-order valence-electron chi connectivity index (χ0n) is 17.8. The Morgan fingerprint density at radius 3 is 2.58 bits per heavy atom. The van der Waals surface area contributed by atoms with E-state index in [4.69, 9.17) is 4.98 Å². The Balaban J connectivity index is 1.57. The summed E-state index contributed by atoms with van der Waals surface area (Å²) in [5.74, 6) is 0.743. The van der Waals surface area contributed by atoms with Gasteiger partial charge < -0.3 is 10.4 Å². The van der Waals surface area contributed by atoms with Crippen molar-refractivity contribution in [2.75, 3.05) is 5.32 Å². The van der Waals surface area contributed by atoms with Crippen LogP contribution in [0.3, 0.4) is 0 Å². The van der Waals surface area contributed by atoms with Gasteiger partial charge in [0.25, 0.3) is 0 Å². The molecule has 0 amide bonds. The first-order chi connectivity index (χ1) is 15.1. The van der Waals surface area contributed by atoms with E-state index < -0.39 is 0 Å². The van der Waals surface area contributed by atoms with Gasteiger partial charge in [-0.1, -0.05) is 30.3 Å². The zero-order valence-corrected chi connectivity index (χ0v) is 18.6. The minimum atomic E-state index is 0.0513. The standard InChI is InChI=1S/C26H25N3OS/c1-16-12-18(14-30)13-17(2)24(16)29-25(19-6-5-7-19)26-27-11-10-22(28-26)21-15-31-23-9-4-3-8-20(21)23/h3-4,8-13,15,29-30H,5-7,14H2,1-2H3. The Hall–Kier alpha value is -3.02. The van der Waals surface area contributed by atoms with Gasteiger partial charge in [-0.2, -0.15) is 0 Å². The highest BCUT2D eigenvalue weighted by atomic mass is 32.1. The van der Waals surface area contributed by atoms with Gasteiger partial charge in [-0.3, -0.25) is 0 Å². The molecule has 2 heterocycles. The topological polar surface area (TPSA) is 58.0 Å². The Morgan fingerprint density at radius 1 is 1.10 bits per heavy atom. The van der Waals surface area contributed by atoms with Crippen molar-refractivity contribution >= 4 is 32.8 Å². The maximum Gasteiger partial charge on any atom is 0.176 e. The smallest absolute Gasteiger partial charge is 0.176 e. The van der Waals surface area contributed by atoms with Crippen molar-refractivity contribution in [2.24, 2.45) is 0 Å². The molecule has 4 aromatic rings. The second-order valence-corrected chi connectivity index (χ2v) is 9.04. The number of rotatable bonds is 5. The van der Waals surface area contributed by atoms with Crippen LogP contribution in [0.5, 0.6) is 0 Å². The monoisotopic (exact) mass is 427 g/mol. The van der Waals surface area contributed by atoms with Gasteiger partial charge in [-0.05, 0) is 67.5 Å². The van der Waals surface area contributed by atoms with Crippen LogP contribution in [0.15, 0.2) is 59.6 Å². The van der Waals surface area contributed by atoms with Crippen molar-refractivity contribution in [2.45, 2.75) is 39.7 Å². The highest BCUT2D eigenvalue weighted by molar-refractivity contribution is 7.17. The minimum absolute atomic E-state index is 0.0513. The van der Waals surface area contributed by atoms with Crippen LogP contribution in [0.25, 0.3) is 27.0 Å². The van der Waals surface area contributed by atoms with E-state index in [0.717, 1.165) is 58.0 Å². The number of aliphatic hydroxyl groups is 1. The number of aliphatic hydroxyl groups excluding tert-OH is 1. The first-order valence-corrected chi connectivity index (χ1v) is 11.5. The van der Waals surface area contributed by atoms with Crippen LogP contribution >= 0.6 is 11.3 Å². The summed E-state index contributed by atoms with van der Waals surface area (Å²) < 4.78 is 1.27. The summed E-state index contributed by atoms with van der Waals surface area (Å²) in [4.78, 5) is 9.65. The second kappa shape index (κ2) is 8.25. The van der Waals surface area contributed by atoms with Crippen molar-refractivity contribution in [3.63, 3.8) is 0 Å². The van der Waals surface area contributed by atoms with Crippen LogP contribution in [-0.4, -0.2) is 15.1 Å². The van der Waals surface area contributed by atoms with Gasteiger partial charge in [-0.25, -0.2) is 9.97 Å². The fourth-order valence-electron chi connectivity index (χ4n) is 4.18. The molecular weight excluding hydrogens is 402 g/mol. The van der Waals surface area contributed by atoms with E-state index in [1.165, 1.54) is 22.1 Å². The molecule has 5 heteroatoms. The third kappa shape index (κ3) is 3.75. The van der Waals surface area contributed by atoms with Crippen LogP contribution in [0.1, 0.15) is 41.8 Å². The predicted octanol–water partition coefficient (Wildman–Crippen LogP) is 6.47. The number of anilines is 1. The van der Waals surface area contributed by atoms with Gasteiger partial charge >= 0.3 is 0 Å². The average Bonchev–Trinajstić information content (AvgIpc) is 3.18. The normalized spacial score (nSPS) is 13.3. The lowest BCUT2D eigenvalue weighted by Crippen LogP contribution is -2.13. The second-order valence-electron chi connectivity index (χ2n) is 8.13. The lowest BCUT2D eigenvalue weighted by atomic mass is 9.89. The molecule has 0 unspecified atom stereocenters. The number of hydrogen-bond donors (Lipinski definition) is 2. The van der Waals surface area contributed by atoms with Gasteiger partial charge in [0, 0.05) is 32.9 Å². The number of nitrogens with zero attached hydrogens (tertiary/aromatic N) is 2. The van der Waals surface area contributed by atoms with Crippen molar-refractivity contribution in [3.8, 4) is 11.3 Å². The van der Waals surface area contributed by atoms with E-state index in [0.29, 0.717) is 0 Å². The fourth-order valence-corrected chi connectivity index (χ4v) is 5.13. The van der Waals surface area contributed by atoms with E-state index >= 15 is 0 Å². The number of nitrogens with one attached hydrogen (secondary N) is 1. The van der Waals surface area contributed by atoms with Crippen molar-refractivity contribution in [1.29, 1.82) is 0 Å². The molecule has 0 bridgehead atoms. The SMILES string of the molecule is Cc1cc(CO)cc(C)c1NC(=C1CCC1)c1nccc(-c2csc3ccccc23)n1. The maximum atomic E-state index is 9.52. The first-order valence-electron chi connectivity index (χ1n) is 10.6. The predicted molar refractivity (Wildman–Crippen MR) is 129 cm³/mol. The number of aromatic nitrogens is 2. The van der Waals surface area contributed by atoms with Gasteiger partial charge in [0.05, 0.1) is 18.0 Å². The molecule has 2 aromatic carbocycles. The molecule has 2 aromatic heterocycles. The zero-order chi connectivity index (χ0) is 21.4. The Labute approximate surface area is 186 Å². The van der Waals surface area contributed by atoms with Crippen molar-refractivity contribution in [3.05, 3.63) is 82.1 Å². The number of fused-ring (bicyclic) bond motifs is 1. The van der Waals surface area contributed by atoms with E-state index in [9.17, 15) is 5.11 Å². The minimum Gasteiger partial charge on any atom is -0.392 e. The maximum absolute atomic E-state index is 9.52. The molecule has 1 fully saturated rings. The molecule has 4 nitrogen and oxygen atoms in total. The fraction of sp³-hybridized carbons (Fsp3) is 0.231. The van der Waals surface area contributed by atoms with E-state index in [-0.39, 0.29) is 6.61 Å². The summed E-state index contributed by atoms with van der Waals surface area (Å²) in [5, 5.41) is 16.6. The number of allylic oxidation sites excluding steroid dienone is 1. The number of hydrogen-bond acceptors (Lipinski definition) is 5. The van der Waals surface area contributed by atoms with E-state index in [1.807, 2.05) is 24.4 Å². The van der Waals surface area contributed by atoms with E-state index in [1.54, 1.807) is 11.3 Å². The van der Waals surface area contributed by atoms with Gasteiger partial charge in [-0.15, -0.1) is 11.3 Å². The molecule has 0 aliphatic heterocycles. The van der Waals surface area contributed by atoms with Gasteiger partial charge in [0.1, 0.15) is 0 Å². The molecule has 0 spiro atoms. The summed E-state index contributed by atoms with van der Waals surface area (Å²) in [5.41, 5.74) is 8.73. The summed E-state index contributed by atoms with van der Waals surface area (Å²) in [6.07, 6.45) is 5.21. The molecule has 156 valence electrons. The molecule has 0 saturated heterocycles. The van der Waals surface area contributed by atoms with Crippen LogP contribution in [0.2, 0.25) is 0 Å². The molecule has 5 rings (SSSR count). The van der Waals surface area contributed by atoms with Crippen molar-refractivity contribution in [1.82, 2.24) is 9.97 Å². The Morgan fingerprint density at radius 2 is 1.87 bits per heavy atom. The van der Waals surface area contributed by atoms with Crippen LogP contribution in [0, 0.1) is 13.8 Å². The largest absolute Gasteiger partial charge is 0.392 e. The molecule has 1 aliphatic carbocycles. The summed E-state index contributed by atoms with van der Waals surface area (Å²) >= 11 is 1.75.